The van der Waals surface area contributed by atoms with Crippen molar-refractivity contribution in [1.82, 2.24) is 4.31 Å². The van der Waals surface area contributed by atoms with Crippen molar-refractivity contribution in [3.63, 3.8) is 0 Å². The van der Waals surface area contributed by atoms with E-state index < -0.39 is 27.6 Å². The lowest BCUT2D eigenvalue weighted by Gasteiger charge is -2.20. The summed E-state index contributed by atoms with van der Waals surface area (Å²) >= 11 is 0. The lowest BCUT2D eigenvalue weighted by Crippen LogP contribution is -2.31. The van der Waals surface area contributed by atoms with Crippen LogP contribution in [-0.2, 0) is 14.8 Å². The van der Waals surface area contributed by atoms with Gasteiger partial charge in [0.05, 0.1) is 11.4 Å². The van der Waals surface area contributed by atoms with E-state index in [1.807, 2.05) is 0 Å². The third-order valence-corrected chi connectivity index (χ3v) is 6.30. The number of amides is 1. The molecule has 152 valence electrons. The van der Waals surface area contributed by atoms with Crippen LogP contribution in [0.3, 0.4) is 0 Å². The number of anilines is 2. The third kappa shape index (κ3) is 5.26. The van der Waals surface area contributed by atoms with Crippen molar-refractivity contribution in [3.05, 3.63) is 53.6 Å². The molecule has 0 atom stereocenters. The predicted molar refractivity (Wildman–Crippen MR) is 105 cm³/mol. The SMILES string of the molecule is CCN(CC)S(=O)(=O)c1cc(NC(=O)CNc2cc(F)cc(F)c2)ccc1C. The Kier molecular flexibility index (Phi) is 7.09. The quantitative estimate of drug-likeness (QED) is 0.698. The first-order valence-electron chi connectivity index (χ1n) is 8.78. The van der Waals surface area contributed by atoms with Crippen LogP contribution in [0.15, 0.2) is 41.3 Å². The molecule has 2 aromatic carbocycles. The molecule has 0 bridgehead atoms. The van der Waals surface area contributed by atoms with Gasteiger partial charge in [0.15, 0.2) is 0 Å². The molecule has 6 nitrogen and oxygen atoms in total. The Balaban J connectivity index is 2.13. The van der Waals surface area contributed by atoms with Gasteiger partial charge in [-0.1, -0.05) is 19.9 Å². The number of carbonyl (C=O) groups excluding carboxylic acids is 1. The number of halogens is 2. The molecule has 1 amide bonds. The maximum atomic E-state index is 13.2. The monoisotopic (exact) mass is 411 g/mol. The second-order valence-corrected chi connectivity index (χ2v) is 8.04. The van der Waals surface area contributed by atoms with Crippen LogP contribution in [0, 0.1) is 18.6 Å². The van der Waals surface area contributed by atoms with Gasteiger partial charge >= 0.3 is 0 Å². The standard InChI is InChI=1S/C19H23F2N3O3S/c1-4-24(5-2)28(26,27)18-11-16(7-6-13(18)3)23-19(25)12-22-17-9-14(20)8-15(21)10-17/h6-11,22H,4-5,12H2,1-3H3,(H,23,25). The minimum Gasteiger partial charge on any atom is -0.376 e. The van der Waals surface area contributed by atoms with Gasteiger partial charge in [0.2, 0.25) is 15.9 Å². The van der Waals surface area contributed by atoms with Gasteiger partial charge in [-0.2, -0.15) is 4.31 Å². The Morgan fingerprint density at radius 3 is 2.18 bits per heavy atom. The van der Waals surface area contributed by atoms with Crippen molar-refractivity contribution in [3.8, 4) is 0 Å². The average molecular weight is 411 g/mol. The Bertz CT molecular complexity index is 941. The highest BCUT2D eigenvalue weighted by Gasteiger charge is 2.24. The van der Waals surface area contributed by atoms with Crippen LogP contribution in [-0.4, -0.2) is 38.3 Å². The molecule has 0 fully saturated rings. The van der Waals surface area contributed by atoms with Crippen LogP contribution in [0.1, 0.15) is 19.4 Å². The highest BCUT2D eigenvalue weighted by Crippen LogP contribution is 2.23. The molecular formula is C19H23F2N3O3S. The molecular weight excluding hydrogens is 388 g/mol. The molecule has 0 radical (unpaired) electrons. The fraction of sp³-hybridized carbons (Fsp3) is 0.316. The number of hydrogen-bond acceptors (Lipinski definition) is 4. The molecule has 0 unspecified atom stereocenters. The molecule has 0 aliphatic heterocycles. The van der Waals surface area contributed by atoms with Crippen molar-refractivity contribution in [2.75, 3.05) is 30.3 Å². The van der Waals surface area contributed by atoms with Crippen molar-refractivity contribution in [2.24, 2.45) is 0 Å². The molecule has 0 aliphatic rings. The molecule has 0 aromatic heterocycles. The maximum Gasteiger partial charge on any atom is 0.243 e. The van der Waals surface area contributed by atoms with E-state index >= 15 is 0 Å². The minimum atomic E-state index is -3.67. The van der Waals surface area contributed by atoms with E-state index in [4.69, 9.17) is 0 Å². The number of rotatable bonds is 8. The van der Waals surface area contributed by atoms with Gasteiger partial charge < -0.3 is 10.6 Å². The van der Waals surface area contributed by atoms with Crippen molar-refractivity contribution < 1.29 is 22.0 Å². The Morgan fingerprint density at radius 2 is 1.61 bits per heavy atom. The van der Waals surface area contributed by atoms with Crippen LogP contribution in [0.2, 0.25) is 0 Å². The molecule has 0 heterocycles. The average Bonchev–Trinajstić information content (AvgIpc) is 2.61. The summed E-state index contributed by atoms with van der Waals surface area (Å²) < 4.78 is 53.2. The number of nitrogens with one attached hydrogen (secondary N) is 2. The lowest BCUT2D eigenvalue weighted by molar-refractivity contribution is -0.114. The topological polar surface area (TPSA) is 78.5 Å². The second-order valence-electron chi connectivity index (χ2n) is 6.13. The van der Waals surface area contributed by atoms with Crippen LogP contribution in [0.25, 0.3) is 0 Å². The van der Waals surface area contributed by atoms with Gasteiger partial charge in [0, 0.05) is 30.5 Å². The van der Waals surface area contributed by atoms with Gasteiger partial charge in [-0.25, -0.2) is 17.2 Å². The van der Waals surface area contributed by atoms with Gasteiger partial charge in [-0.3, -0.25) is 4.79 Å². The van der Waals surface area contributed by atoms with Crippen LogP contribution in [0.5, 0.6) is 0 Å². The summed E-state index contributed by atoms with van der Waals surface area (Å²) in [4.78, 5) is 12.2. The maximum absolute atomic E-state index is 13.2. The lowest BCUT2D eigenvalue weighted by atomic mass is 10.2. The number of nitrogens with zero attached hydrogens (tertiary/aromatic N) is 1. The zero-order chi connectivity index (χ0) is 20.9. The first-order valence-corrected chi connectivity index (χ1v) is 10.2. The van der Waals surface area contributed by atoms with E-state index in [1.165, 1.54) is 10.4 Å². The molecule has 0 spiro atoms. The summed E-state index contributed by atoms with van der Waals surface area (Å²) in [6, 6.07) is 7.48. The number of carbonyl (C=O) groups is 1. The summed E-state index contributed by atoms with van der Waals surface area (Å²) in [5.41, 5.74) is 1.01. The fourth-order valence-corrected chi connectivity index (χ4v) is 4.41. The molecule has 0 aliphatic carbocycles. The molecule has 0 saturated heterocycles. The first kappa shape index (κ1) is 21.8. The summed E-state index contributed by atoms with van der Waals surface area (Å²) in [5, 5.41) is 5.20. The summed E-state index contributed by atoms with van der Waals surface area (Å²) in [6.45, 7) is 5.62. The Hall–Kier alpha value is -2.52. The van der Waals surface area contributed by atoms with E-state index in [1.54, 1.807) is 32.9 Å². The fourth-order valence-electron chi connectivity index (χ4n) is 2.70. The predicted octanol–water partition coefficient (Wildman–Crippen LogP) is 3.35. The first-order chi connectivity index (χ1) is 13.2. The molecule has 2 N–H and O–H groups in total. The number of aryl methyl sites for hydroxylation is 1. The van der Waals surface area contributed by atoms with Crippen molar-refractivity contribution >= 4 is 27.3 Å². The van der Waals surface area contributed by atoms with E-state index in [0.717, 1.165) is 18.2 Å². The summed E-state index contributed by atoms with van der Waals surface area (Å²) in [5.74, 6) is -2.00. The Morgan fingerprint density at radius 1 is 1.00 bits per heavy atom. The molecule has 28 heavy (non-hydrogen) atoms. The minimum absolute atomic E-state index is 0.120. The summed E-state index contributed by atoms with van der Waals surface area (Å²) in [6.07, 6.45) is 0. The van der Waals surface area contributed by atoms with Crippen molar-refractivity contribution in [1.29, 1.82) is 0 Å². The van der Waals surface area contributed by atoms with Crippen LogP contribution >= 0.6 is 0 Å². The van der Waals surface area contributed by atoms with Crippen LogP contribution < -0.4 is 10.6 Å². The highest BCUT2D eigenvalue weighted by molar-refractivity contribution is 7.89. The van der Waals surface area contributed by atoms with Crippen LogP contribution in [0.4, 0.5) is 20.2 Å². The zero-order valence-electron chi connectivity index (χ0n) is 15.9. The largest absolute Gasteiger partial charge is 0.376 e. The Labute approximate surface area is 163 Å². The number of hydrogen-bond donors (Lipinski definition) is 2. The zero-order valence-corrected chi connectivity index (χ0v) is 16.7. The molecule has 9 heteroatoms. The number of sulfonamides is 1. The van der Waals surface area contributed by atoms with E-state index in [9.17, 15) is 22.0 Å². The smallest absolute Gasteiger partial charge is 0.243 e. The van der Waals surface area contributed by atoms with E-state index in [-0.39, 0.29) is 17.1 Å². The normalized spacial score (nSPS) is 11.5. The molecule has 2 rings (SSSR count). The van der Waals surface area contributed by atoms with E-state index in [0.29, 0.717) is 24.3 Å². The molecule has 0 saturated carbocycles. The summed E-state index contributed by atoms with van der Waals surface area (Å²) in [7, 11) is -3.67. The third-order valence-electron chi connectivity index (χ3n) is 4.11. The van der Waals surface area contributed by atoms with Gasteiger partial charge in [0.1, 0.15) is 11.6 Å². The van der Waals surface area contributed by atoms with Crippen molar-refractivity contribution in [2.45, 2.75) is 25.7 Å². The van der Waals surface area contributed by atoms with E-state index in [2.05, 4.69) is 10.6 Å². The highest BCUT2D eigenvalue weighted by atomic mass is 32.2. The van der Waals surface area contributed by atoms with Gasteiger partial charge in [0.25, 0.3) is 0 Å². The van der Waals surface area contributed by atoms with Gasteiger partial charge in [-0.15, -0.1) is 0 Å². The van der Waals surface area contributed by atoms with Gasteiger partial charge in [-0.05, 0) is 36.8 Å². The second kappa shape index (κ2) is 9.11. The molecule has 2 aromatic rings. The number of benzene rings is 2.